The predicted molar refractivity (Wildman–Crippen MR) is 257 cm³/mol. The topological polar surface area (TPSA) is 112 Å². The first-order valence-corrected chi connectivity index (χ1v) is 27.8. The normalized spacial score (nSPS) is 13.1. The summed E-state index contributed by atoms with van der Waals surface area (Å²) in [6.07, 6.45) is 48.7. The molecule has 0 aliphatic rings. The Kier molecular flexibility index (Phi) is 46.2. The Hall–Kier alpha value is -0.990. The van der Waals surface area contributed by atoms with Gasteiger partial charge in [0.15, 0.2) is 6.10 Å². The smallest absolute Gasteiger partial charge is 0.462 e. The molecular weight excluding hydrogens is 786 g/mol. The second kappa shape index (κ2) is 47.0. The molecule has 2 unspecified atom stereocenters. The van der Waals surface area contributed by atoms with E-state index >= 15 is 0 Å². The molecule has 0 rings (SSSR count). The van der Waals surface area contributed by atoms with Gasteiger partial charge in [-0.3, -0.25) is 18.6 Å². The molecule has 0 radical (unpaired) electrons. The molecule has 61 heavy (non-hydrogen) atoms. The van der Waals surface area contributed by atoms with Gasteiger partial charge in [0, 0.05) is 19.4 Å². The number of esters is 2. The number of ether oxygens (including phenoxy) is 2. The molecule has 0 aromatic heterocycles. The molecule has 0 aromatic rings. The lowest BCUT2D eigenvalue weighted by Crippen LogP contribution is -2.29. The average Bonchev–Trinajstić information content (AvgIpc) is 3.23. The fourth-order valence-electron chi connectivity index (χ4n) is 7.87. The molecule has 0 heterocycles. The lowest BCUT2D eigenvalue weighted by atomic mass is 10.0. The number of phosphoric acid groups is 1. The maximum Gasteiger partial charge on any atom is 0.472 e. The van der Waals surface area contributed by atoms with Gasteiger partial charge >= 0.3 is 19.8 Å². The second-order valence-corrected chi connectivity index (χ2v) is 19.9. The van der Waals surface area contributed by atoms with Gasteiger partial charge in [0.1, 0.15) is 6.61 Å². The number of hydrogen-bond acceptors (Lipinski definition) is 8. The number of hydrogen-bond donors (Lipinski definition) is 1. The summed E-state index contributed by atoms with van der Waals surface area (Å²) in [6.45, 7) is 4.40. The minimum absolute atomic E-state index is 0.0130. The number of phosphoric ester groups is 1. The highest BCUT2D eigenvalue weighted by molar-refractivity contribution is 7.47. The van der Waals surface area contributed by atoms with E-state index in [0.29, 0.717) is 13.0 Å². The first-order chi connectivity index (χ1) is 29.7. The van der Waals surface area contributed by atoms with E-state index in [4.69, 9.17) is 18.5 Å². The Bertz CT molecular complexity index is 982. The van der Waals surface area contributed by atoms with Crippen LogP contribution in [-0.2, 0) is 32.7 Å². The van der Waals surface area contributed by atoms with Crippen molar-refractivity contribution in [1.29, 1.82) is 0 Å². The van der Waals surface area contributed by atoms with E-state index in [0.717, 1.165) is 38.5 Å². The summed E-state index contributed by atoms with van der Waals surface area (Å²) in [7, 11) is -0.695. The molecule has 9 nitrogen and oxygen atoms in total. The average molecular weight is 888 g/mol. The van der Waals surface area contributed by atoms with Crippen LogP contribution in [0.4, 0.5) is 0 Å². The van der Waals surface area contributed by atoms with Gasteiger partial charge in [0.2, 0.25) is 0 Å². The SMILES string of the molecule is CCCCCCCCCCCCCCCCCCCCCC(=O)OCC(COP(=O)(O)OCCN(C)C)OC(=O)CCCCCCCCCCCCCCCCCCCCC. The third kappa shape index (κ3) is 48.3. The quantitative estimate of drug-likeness (QED) is 0.0362. The van der Waals surface area contributed by atoms with Crippen molar-refractivity contribution in [3.8, 4) is 0 Å². The second-order valence-electron chi connectivity index (χ2n) is 18.4. The zero-order chi connectivity index (χ0) is 44.8. The third-order valence-electron chi connectivity index (χ3n) is 11.9. The summed E-state index contributed by atoms with van der Waals surface area (Å²) in [4.78, 5) is 37.2. The van der Waals surface area contributed by atoms with Crippen molar-refractivity contribution in [2.24, 2.45) is 0 Å². The van der Waals surface area contributed by atoms with E-state index in [2.05, 4.69) is 13.8 Å². The largest absolute Gasteiger partial charge is 0.472 e. The first kappa shape index (κ1) is 60.0. The zero-order valence-electron chi connectivity index (χ0n) is 40.9. The van der Waals surface area contributed by atoms with Crippen molar-refractivity contribution in [1.82, 2.24) is 4.90 Å². The van der Waals surface area contributed by atoms with E-state index in [1.165, 1.54) is 205 Å². The molecular formula is C51H102NO8P. The summed E-state index contributed by atoms with van der Waals surface area (Å²) in [5, 5.41) is 0. The van der Waals surface area contributed by atoms with Gasteiger partial charge in [0.25, 0.3) is 0 Å². The maximum absolute atomic E-state index is 12.7. The van der Waals surface area contributed by atoms with E-state index in [1.807, 2.05) is 19.0 Å². The van der Waals surface area contributed by atoms with E-state index in [9.17, 15) is 19.0 Å². The zero-order valence-corrected chi connectivity index (χ0v) is 41.8. The molecule has 0 bridgehead atoms. The van der Waals surface area contributed by atoms with Crippen molar-refractivity contribution < 1.29 is 37.6 Å². The lowest BCUT2D eigenvalue weighted by molar-refractivity contribution is -0.161. The molecule has 0 aliphatic carbocycles. The van der Waals surface area contributed by atoms with Gasteiger partial charge in [-0.2, -0.15) is 0 Å². The Morgan fingerprint density at radius 2 is 0.738 bits per heavy atom. The van der Waals surface area contributed by atoms with E-state index in [1.54, 1.807) is 0 Å². The molecule has 0 spiro atoms. The molecule has 0 saturated carbocycles. The van der Waals surface area contributed by atoms with Crippen LogP contribution in [-0.4, -0.2) is 68.3 Å². The molecule has 0 aromatic carbocycles. The van der Waals surface area contributed by atoms with Gasteiger partial charge in [0.05, 0.1) is 13.2 Å². The van der Waals surface area contributed by atoms with Crippen LogP contribution >= 0.6 is 7.82 Å². The van der Waals surface area contributed by atoms with E-state index in [-0.39, 0.29) is 25.6 Å². The lowest BCUT2D eigenvalue weighted by Gasteiger charge is -2.20. The molecule has 2 atom stereocenters. The number of unbranched alkanes of at least 4 members (excludes halogenated alkanes) is 36. The van der Waals surface area contributed by atoms with Crippen LogP contribution in [0.2, 0.25) is 0 Å². The summed E-state index contributed by atoms with van der Waals surface area (Å²) >= 11 is 0. The number of rotatable bonds is 50. The maximum atomic E-state index is 12.7. The highest BCUT2D eigenvalue weighted by Gasteiger charge is 2.26. The predicted octanol–water partition coefficient (Wildman–Crippen LogP) is 15.8. The Balaban J connectivity index is 4.11. The fourth-order valence-corrected chi connectivity index (χ4v) is 8.61. The van der Waals surface area contributed by atoms with Gasteiger partial charge in [-0.05, 0) is 26.9 Å². The van der Waals surface area contributed by atoms with Crippen LogP contribution in [0.1, 0.15) is 271 Å². The van der Waals surface area contributed by atoms with Crippen molar-refractivity contribution in [2.45, 2.75) is 277 Å². The van der Waals surface area contributed by atoms with Crippen molar-refractivity contribution in [2.75, 3.05) is 40.5 Å². The van der Waals surface area contributed by atoms with Crippen LogP contribution < -0.4 is 0 Å². The monoisotopic (exact) mass is 888 g/mol. The van der Waals surface area contributed by atoms with Crippen molar-refractivity contribution in [3.05, 3.63) is 0 Å². The highest BCUT2D eigenvalue weighted by atomic mass is 31.2. The van der Waals surface area contributed by atoms with Crippen molar-refractivity contribution in [3.63, 3.8) is 0 Å². The summed E-state index contributed by atoms with van der Waals surface area (Å²) in [5.74, 6) is -0.780. The number of likely N-dealkylation sites (N-methyl/N-ethyl adjacent to an activating group) is 1. The molecule has 0 aliphatic heterocycles. The van der Waals surface area contributed by atoms with Crippen LogP contribution in [0.15, 0.2) is 0 Å². The molecule has 0 saturated heterocycles. The Morgan fingerprint density at radius 3 is 1.05 bits per heavy atom. The standard InChI is InChI=1S/C51H102NO8P/c1-5-7-9-11-13-15-17-19-21-23-25-27-29-31-33-35-37-39-41-43-50(53)57-47-49(48-59-61(55,56)58-46-45-52(3)4)60-51(54)44-42-40-38-36-34-32-30-28-26-24-22-20-18-16-14-12-10-8-6-2/h49H,5-48H2,1-4H3,(H,55,56). The third-order valence-corrected chi connectivity index (χ3v) is 12.9. The first-order valence-electron chi connectivity index (χ1n) is 26.3. The summed E-state index contributed by atoms with van der Waals surface area (Å²) in [5.41, 5.74) is 0. The highest BCUT2D eigenvalue weighted by Crippen LogP contribution is 2.43. The number of carbonyl (C=O) groups excluding carboxylic acids is 2. The van der Waals surface area contributed by atoms with Gasteiger partial charge in [-0.25, -0.2) is 4.57 Å². The minimum Gasteiger partial charge on any atom is -0.462 e. The van der Waals surface area contributed by atoms with Crippen LogP contribution in [0.3, 0.4) is 0 Å². The van der Waals surface area contributed by atoms with Gasteiger partial charge < -0.3 is 19.3 Å². The Labute approximate surface area is 378 Å². The molecule has 10 heteroatoms. The van der Waals surface area contributed by atoms with Crippen LogP contribution in [0.25, 0.3) is 0 Å². The van der Waals surface area contributed by atoms with Gasteiger partial charge in [-0.15, -0.1) is 0 Å². The molecule has 0 fully saturated rings. The number of carbonyl (C=O) groups is 2. The number of nitrogens with zero attached hydrogens (tertiary/aromatic N) is 1. The summed E-state index contributed by atoms with van der Waals surface area (Å²) in [6, 6.07) is 0. The van der Waals surface area contributed by atoms with Gasteiger partial charge in [-0.1, -0.05) is 245 Å². The van der Waals surface area contributed by atoms with E-state index < -0.39 is 26.5 Å². The summed E-state index contributed by atoms with van der Waals surface area (Å²) < 4.78 is 33.7. The van der Waals surface area contributed by atoms with Crippen LogP contribution in [0, 0.1) is 0 Å². The van der Waals surface area contributed by atoms with Crippen molar-refractivity contribution >= 4 is 19.8 Å². The minimum atomic E-state index is -4.36. The molecule has 0 amide bonds. The van der Waals surface area contributed by atoms with Crippen LogP contribution in [0.5, 0.6) is 0 Å². The molecule has 364 valence electrons. The Morgan fingerprint density at radius 1 is 0.443 bits per heavy atom. The fraction of sp³-hybridized carbons (Fsp3) is 0.961. The molecule has 1 N–H and O–H groups in total.